The molecule has 3 N–H and O–H groups in total. The number of aryl methyl sites for hydroxylation is 1. The van der Waals surface area contributed by atoms with Gasteiger partial charge in [0.05, 0.1) is 4.90 Å². The van der Waals surface area contributed by atoms with E-state index in [1.807, 2.05) is 14.0 Å². The van der Waals surface area contributed by atoms with Crippen molar-refractivity contribution >= 4 is 15.7 Å². The molecule has 112 valence electrons. The Balaban J connectivity index is 2.12. The summed E-state index contributed by atoms with van der Waals surface area (Å²) in [5.41, 5.74) is 7.35. The van der Waals surface area contributed by atoms with Crippen molar-refractivity contribution in [2.45, 2.75) is 18.2 Å². The quantitative estimate of drug-likeness (QED) is 0.780. The van der Waals surface area contributed by atoms with E-state index in [1.165, 1.54) is 6.07 Å². The van der Waals surface area contributed by atoms with Gasteiger partial charge >= 0.3 is 0 Å². The molecule has 0 unspecified atom stereocenters. The summed E-state index contributed by atoms with van der Waals surface area (Å²) in [6.45, 7) is 5.04. The van der Waals surface area contributed by atoms with Crippen LogP contribution in [0.3, 0.4) is 0 Å². The second-order valence-electron chi connectivity index (χ2n) is 5.10. The topological polar surface area (TPSA) is 78.7 Å². The molecule has 0 bridgehead atoms. The highest BCUT2D eigenvalue weighted by atomic mass is 32.2. The van der Waals surface area contributed by atoms with Crippen LogP contribution in [0.25, 0.3) is 0 Å². The molecule has 0 aliphatic carbocycles. The average molecular weight is 298 g/mol. The number of nitrogens with two attached hydrogens (primary N) is 1. The highest BCUT2D eigenvalue weighted by Gasteiger charge is 2.21. The van der Waals surface area contributed by atoms with Crippen LogP contribution in [0.15, 0.2) is 23.1 Å². The van der Waals surface area contributed by atoms with Gasteiger partial charge < -0.3 is 10.6 Å². The van der Waals surface area contributed by atoms with Crippen LogP contribution in [-0.4, -0.2) is 51.6 Å². The maximum absolute atomic E-state index is 12.3. The van der Waals surface area contributed by atoms with Crippen molar-refractivity contribution in [3.05, 3.63) is 23.8 Å². The molecule has 1 aliphatic heterocycles. The van der Waals surface area contributed by atoms with Crippen molar-refractivity contribution in [1.82, 2.24) is 14.7 Å². The Hall–Kier alpha value is -1.15. The molecular formula is C13H22N4O2S. The summed E-state index contributed by atoms with van der Waals surface area (Å²) in [6, 6.07) is 4.90. The van der Waals surface area contributed by atoms with Gasteiger partial charge in [0.15, 0.2) is 0 Å². The molecule has 7 heteroatoms. The van der Waals surface area contributed by atoms with E-state index in [-0.39, 0.29) is 4.90 Å². The standard InChI is InChI=1S/C13H22N4O2S/c1-3-11-4-5-12(10-13(11)14)20(18,19)15-17-8-6-16(2)7-9-17/h4-5,10,15H,3,6-9,14H2,1-2H3. The van der Waals surface area contributed by atoms with E-state index >= 15 is 0 Å². The van der Waals surface area contributed by atoms with Gasteiger partial charge in [0.1, 0.15) is 0 Å². The maximum Gasteiger partial charge on any atom is 0.253 e. The van der Waals surface area contributed by atoms with Crippen molar-refractivity contribution in [2.75, 3.05) is 39.0 Å². The normalized spacial score (nSPS) is 18.3. The summed E-state index contributed by atoms with van der Waals surface area (Å²) in [4.78, 5) is 5.00. The van der Waals surface area contributed by atoms with Crippen molar-refractivity contribution < 1.29 is 8.42 Å². The zero-order valence-corrected chi connectivity index (χ0v) is 12.8. The number of nitrogen functional groups attached to an aromatic ring is 1. The molecular weight excluding hydrogens is 276 g/mol. The van der Waals surface area contributed by atoms with E-state index in [1.54, 1.807) is 17.1 Å². The predicted molar refractivity (Wildman–Crippen MR) is 79.6 cm³/mol. The maximum atomic E-state index is 12.3. The predicted octanol–water partition coefficient (Wildman–Crippen LogP) is 0.272. The number of hydrazine groups is 1. The lowest BCUT2D eigenvalue weighted by Gasteiger charge is -2.32. The van der Waals surface area contributed by atoms with Crippen LogP contribution in [0.2, 0.25) is 0 Å². The number of nitrogens with zero attached hydrogens (tertiary/aromatic N) is 2. The number of nitrogens with one attached hydrogen (secondary N) is 1. The summed E-state index contributed by atoms with van der Waals surface area (Å²) in [5.74, 6) is 0. The van der Waals surface area contributed by atoms with Crippen molar-refractivity contribution in [2.24, 2.45) is 0 Å². The fourth-order valence-electron chi connectivity index (χ4n) is 2.18. The monoisotopic (exact) mass is 298 g/mol. The minimum Gasteiger partial charge on any atom is -0.398 e. The third kappa shape index (κ3) is 3.49. The molecule has 0 spiro atoms. The summed E-state index contributed by atoms with van der Waals surface area (Å²) in [6.07, 6.45) is 0.790. The molecule has 0 atom stereocenters. The smallest absolute Gasteiger partial charge is 0.253 e. The molecule has 1 aliphatic rings. The Bertz CT molecular complexity index is 566. The second kappa shape index (κ2) is 6.09. The van der Waals surface area contributed by atoms with Gasteiger partial charge in [0, 0.05) is 31.9 Å². The Morgan fingerprint density at radius 1 is 1.25 bits per heavy atom. The van der Waals surface area contributed by atoms with Crippen molar-refractivity contribution in [3.63, 3.8) is 0 Å². The molecule has 1 saturated heterocycles. The summed E-state index contributed by atoms with van der Waals surface area (Å²) >= 11 is 0. The van der Waals surface area contributed by atoms with E-state index in [2.05, 4.69) is 9.73 Å². The molecule has 2 rings (SSSR count). The lowest BCUT2D eigenvalue weighted by atomic mass is 10.1. The molecule has 1 heterocycles. The fourth-order valence-corrected chi connectivity index (χ4v) is 3.34. The molecule has 0 amide bonds. The van der Waals surface area contributed by atoms with Gasteiger partial charge in [0.25, 0.3) is 10.0 Å². The van der Waals surface area contributed by atoms with Gasteiger partial charge in [-0.25, -0.2) is 13.4 Å². The molecule has 1 aromatic rings. The highest BCUT2D eigenvalue weighted by Crippen LogP contribution is 2.18. The van der Waals surface area contributed by atoms with E-state index in [0.717, 1.165) is 25.1 Å². The summed E-state index contributed by atoms with van der Waals surface area (Å²) in [5, 5.41) is 1.74. The number of hydrogen-bond donors (Lipinski definition) is 2. The highest BCUT2D eigenvalue weighted by molar-refractivity contribution is 7.89. The molecule has 1 aromatic carbocycles. The SMILES string of the molecule is CCc1ccc(S(=O)(=O)NN2CCN(C)CC2)cc1N. The first kappa shape index (κ1) is 15.2. The van der Waals surface area contributed by atoms with E-state index in [0.29, 0.717) is 18.8 Å². The summed E-state index contributed by atoms with van der Waals surface area (Å²) in [7, 11) is -1.52. The zero-order chi connectivity index (χ0) is 14.8. The number of hydrogen-bond acceptors (Lipinski definition) is 5. The van der Waals surface area contributed by atoms with Crippen LogP contribution in [0.1, 0.15) is 12.5 Å². The molecule has 20 heavy (non-hydrogen) atoms. The van der Waals surface area contributed by atoms with E-state index in [4.69, 9.17) is 5.73 Å². The van der Waals surface area contributed by atoms with Gasteiger partial charge in [-0.05, 0) is 31.2 Å². The number of piperazine rings is 1. The minimum atomic E-state index is -3.55. The van der Waals surface area contributed by atoms with Gasteiger partial charge in [-0.3, -0.25) is 0 Å². The Morgan fingerprint density at radius 3 is 2.45 bits per heavy atom. The average Bonchev–Trinajstić information content (AvgIpc) is 2.41. The summed E-state index contributed by atoms with van der Waals surface area (Å²) < 4.78 is 24.6. The molecule has 1 fully saturated rings. The number of anilines is 1. The van der Waals surface area contributed by atoms with E-state index < -0.39 is 10.0 Å². The fraction of sp³-hybridized carbons (Fsp3) is 0.538. The number of sulfonamides is 1. The Labute approximate surface area is 120 Å². The first-order valence-corrected chi connectivity index (χ1v) is 8.25. The third-order valence-corrected chi connectivity index (χ3v) is 4.93. The first-order valence-electron chi connectivity index (χ1n) is 6.76. The van der Waals surface area contributed by atoms with Crippen LogP contribution < -0.4 is 10.6 Å². The van der Waals surface area contributed by atoms with Crippen LogP contribution in [0.5, 0.6) is 0 Å². The zero-order valence-electron chi connectivity index (χ0n) is 12.0. The van der Waals surface area contributed by atoms with Crippen molar-refractivity contribution in [3.8, 4) is 0 Å². The first-order chi connectivity index (χ1) is 9.42. The molecule has 0 radical (unpaired) electrons. The lowest BCUT2D eigenvalue weighted by molar-refractivity contribution is 0.135. The minimum absolute atomic E-state index is 0.214. The van der Waals surface area contributed by atoms with Crippen LogP contribution >= 0.6 is 0 Å². The second-order valence-corrected chi connectivity index (χ2v) is 6.76. The number of benzene rings is 1. The van der Waals surface area contributed by atoms with Gasteiger partial charge in [-0.1, -0.05) is 13.0 Å². The van der Waals surface area contributed by atoms with Gasteiger partial charge in [-0.2, -0.15) is 0 Å². The molecule has 0 saturated carbocycles. The lowest BCUT2D eigenvalue weighted by Crippen LogP contribution is -2.52. The number of likely N-dealkylation sites (N-methyl/N-ethyl adjacent to an activating group) is 1. The Morgan fingerprint density at radius 2 is 1.90 bits per heavy atom. The molecule has 6 nitrogen and oxygen atoms in total. The van der Waals surface area contributed by atoms with Crippen molar-refractivity contribution in [1.29, 1.82) is 0 Å². The van der Waals surface area contributed by atoms with Crippen LogP contribution in [0, 0.1) is 0 Å². The Kier molecular flexibility index (Phi) is 4.64. The van der Waals surface area contributed by atoms with Crippen LogP contribution in [0.4, 0.5) is 5.69 Å². The third-order valence-electron chi connectivity index (χ3n) is 3.56. The largest absolute Gasteiger partial charge is 0.398 e. The van der Waals surface area contributed by atoms with Gasteiger partial charge in [0.2, 0.25) is 0 Å². The van der Waals surface area contributed by atoms with Crippen LogP contribution in [-0.2, 0) is 16.4 Å². The molecule has 0 aromatic heterocycles. The van der Waals surface area contributed by atoms with Gasteiger partial charge in [-0.15, -0.1) is 4.83 Å². The number of rotatable bonds is 4. The van der Waals surface area contributed by atoms with E-state index in [9.17, 15) is 8.42 Å².